The fraction of sp³-hybridized carbons (Fsp3) is 0.316. The van der Waals surface area contributed by atoms with Gasteiger partial charge in [-0.25, -0.2) is 8.42 Å². The Labute approximate surface area is 163 Å². The number of esters is 1. The number of hydrogen-bond acceptors (Lipinski definition) is 4. The molecule has 0 radical (unpaired) electrons. The van der Waals surface area contributed by atoms with E-state index in [2.05, 4.69) is 15.9 Å². The summed E-state index contributed by atoms with van der Waals surface area (Å²) in [5, 5.41) is 0. The molecule has 2 aromatic rings. The second-order valence-corrected chi connectivity index (χ2v) is 9.02. The van der Waals surface area contributed by atoms with Gasteiger partial charge in [-0.05, 0) is 63.1 Å². The van der Waals surface area contributed by atoms with Crippen molar-refractivity contribution in [3.05, 3.63) is 58.1 Å². The summed E-state index contributed by atoms with van der Waals surface area (Å²) in [5.41, 5.74) is 2.03. The maximum Gasteiger partial charge on any atom is 0.327 e. The molecule has 0 fully saturated rings. The van der Waals surface area contributed by atoms with Gasteiger partial charge >= 0.3 is 5.97 Å². The number of rotatable bonds is 6. The third-order valence-corrected chi connectivity index (χ3v) is 6.02. The molecule has 0 bridgehead atoms. The van der Waals surface area contributed by atoms with E-state index in [4.69, 9.17) is 4.74 Å². The number of anilines is 1. The van der Waals surface area contributed by atoms with E-state index >= 15 is 0 Å². The number of aryl methyl sites for hydroxylation is 2. The summed E-state index contributed by atoms with van der Waals surface area (Å²) >= 11 is 3.30. The van der Waals surface area contributed by atoms with Crippen molar-refractivity contribution in [2.45, 2.75) is 38.7 Å². The summed E-state index contributed by atoms with van der Waals surface area (Å²) in [4.78, 5) is 12.4. The first kappa shape index (κ1) is 20.5. The summed E-state index contributed by atoms with van der Waals surface area (Å²) in [5.74, 6) is -0.594. The van der Waals surface area contributed by atoms with Gasteiger partial charge in [-0.3, -0.25) is 9.10 Å². The topological polar surface area (TPSA) is 63.7 Å². The highest BCUT2D eigenvalue weighted by atomic mass is 79.9. The van der Waals surface area contributed by atoms with E-state index in [1.165, 1.54) is 12.1 Å². The fourth-order valence-corrected chi connectivity index (χ4v) is 4.44. The van der Waals surface area contributed by atoms with E-state index in [1.54, 1.807) is 26.0 Å². The van der Waals surface area contributed by atoms with Gasteiger partial charge in [0.25, 0.3) is 10.0 Å². The zero-order valence-corrected chi connectivity index (χ0v) is 17.6. The molecule has 0 spiro atoms. The van der Waals surface area contributed by atoms with E-state index in [0.717, 1.165) is 19.9 Å². The standard InChI is InChI=1S/C19H22BrNO4S/c1-13(2)25-18(22)12-21(19-14(3)6-5-7-15(19)4)26(23,24)17-10-8-16(20)9-11-17/h5-11,13H,12H2,1-4H3. The lowest BCUT2D eigenvalue weighted by molar-refractivity contribution is -0.145. The number of carbonyl (C=O) groups excluding carboxylic acids is 1. The number of hydrogen-bond donors (Lipinski definition) is 0. The first-order valence-electron chi connectivity index (χ1n) is 8.17. The normalized spacial score (nSPS) is 11.5. The van der Waals surface area contributed by atoms with E-state index in [9.17, 15) is 13.2 Å². The van der Waals surface area contributed by atoms with Crippen LogP contribution in [0.3, 0.4) is 0 Å². The number of benzene rings is 2. The van der Waals surface area contributed by atoms with Gasteiger partial charge in [0.1, 0.15) is 6.54 Å². The number of halogens is 1. The first-order valence-corrected chi connectivity index (χ1v) is 10.4. The third-order valence-electron chi connectivity index (χ3n) is 3.73. The van der Waals surface area contributed by atoms with Crippen molar-refractivity contribution in [2.24, 2.45) is 0 Å². The fourth-order valence-electron chi connectivity index (χ4n) is 2.63. The molecule has 26 heavy (non-hydrogen) atoms. The average molecular weight is 440 g/mol. The maximum atomic E-state index is 13.3. The average Bonchev–Trinajstić information content (AvgIpc) is 2.53. The highest BCUT2D eigenvalue weighted by Crippen LogP contribution is 2.30. The molecule has 0 aromatic heterocycles. The maximum absolute atomic E-state index is 13.3. The number of nitrogens with zero attached hydrogens (tertiary/aromatic N) is 1. The molecule has 0 saturated carbocycles. The molecule has 0 aliphatic heterocycles. The number of sulfonamides is 1. The SMILES string of the molecule is Cc1cccc(C)c1N(CC(=O)OC(C)C)S(=O)(=O)c1ccc(Br)cc1. The molecule has 2 rings (SSSR count). The molecule has 0 unspecified atom stereocenters. The summed E-state index contributed by atoms with van der Waals surface area (Å²) in [6.45, 7) is 6.71. The minimum atomic E-state index is -3.94. The van der Waals surface area contributed by atoms with Crippen LogP contribution < -0.4 is 4.31 Å². The van der Waals surface area contributed by atoms with E-state index in [1.807, 2.05) is 32.0 Å². The monoisotopic (exact) mass is 439 g/mol. The van der Waals surface area contributed by atoms with Crippen LogP contribution in [0.25, 0.3) is 0 Å². The molecule has 2 aromatic carbocycles. The molecule has 0 amide bonds. The summed E-state index contributed by atoms with van der Waals surface area (Å²) in [6.07, 6.45) is -0.322. The molecule has 140 valence electrons. The molecule has 5 nitrogen and oxygen atoms in total. The van der Waals surface area contributed by atoms with Crippen LogP contribution >= 0.6 is 15.9 Å². The second kappa shape index (κ2) is 8.22. The van der Waals surface area contributed by atoms with Crippen molar-refractivity contribution >= 4 is 37.6 Å². The van der Waals surface area contributed by atoms with Crippen molar-refractivity contribution in [3.63, 3.8) is 0 Å². The predicted octanol–water partition coefficient (Wildman–Crippen LogP) is 4.21. The van der Waals surface area contributed by atoms with Gasteiger partial charge in [-0.15, -0.1) is 0 Å². The van der Waals surface area contributed by atoms with Crippen molar-refractivity contribution in [3.8, 4) is 0 Å². The largest absolute Gasteiger partial charge is 0.462 e. The van der Waals surface area contributed by atoms with Crippen LogP contribution in [-0.4, -0.2) is 27.0 Å². The predicted molar refractivity (Wildman–Crippen MR) is 106 cm³/mol. The minimum absolute atomic E-state index is 0.112. The molecule has 0 heterocycles. The Hall–Kier alpha value is -1.86. The van der Waals surface area contributed by atoms with Crippen LogP contribution in [-0.2, 0) is 19.6 Å². The van der Waals surface area contributed by atoms with Crippen molar-refractivity contribution in [2.75, 3.05) is 10.8 Å². The van der Waals surface area contributed by atoms with Crippen LogP contribution in [0.15, 0.2) is 51.8 Å². The summed E-state index contributed by atoms with van der Waals surface area (Å²) in [7, 11) is -3.94. The van der Waals surface area contributed by atoms with E-state index < -0.39 is 16.0 Å². The van der Waals surface area contributed by atoms with Gasteiger partial charge in [0, 0.05) is 4.47 Å². The molecule has 0 aliphatic rings. The highest BCUT2D eigenvalue weighted by molar-refractivity contribution is 9.10. The van der Waals surface area contributed by atoms with E-state index in [-0.39, 0.29) is 17.5 Å². The lowest BCUT2D eigenvalue weighted by Crippen LogP contribution is -2.38. The molecular formula is C19H22BrNO4S. The minimum Gasteiger partial charge on any atom is -0.462 e. The van der Waals surface area contributed by atoms with Gasteiger partial charge in [-0.1, -0.05) is 34.1 Å². The molecule has 7 heteroatoms. The Bertz CT molecular complexity index is 872. The van der Waals surface area contributed by atoms with Crippen LogP contribution in [0.4, 0.5) is 5.69 Å². The number of carbonyl (C=O) groups is 1. The zero-order chi connectivity index (χ0) is 19.5. The molecule has 0 saturated heterocycles. The Morgan fingerprint density at radius 3 is 2.12 bits per heavy atom. The molecule has 0 aliphatic carbocycles. The van der Waals surface area contributed by atoms with Gasteiger partial charge < -0.3 is 4.74 Å². The Morgan fingerprint density at radius 2 is 1.62 bits per heavy atom. The Balaban J connectivity index is 2.56. The van der Waals surface area contributed by atoms with Crippen LogP contribution in [0.1, 0.15) is 25.0 Å². The summed E-state index contributed by atoms with van der Waals surface area (Å²) in [6, 6.07) is 11.8. The third kappa shape index (κ3) is 4.65. The second-order valence-electron chi connectivity index (χ2n) is 6.24. The number of para-hydroxylation sites is 1. The van der Waals surface area contributed by atoms with Gasteiger partial charge in [0.2, 0.25) is 0 Å². The Morgan fingerprint density at radius 1 is 1.08 bits per heavy atom. The van der Waals surface area contributed by atoms with Crippen molar-refractivity contribution in [1.82, 2.24) is 0 Å². The lowest BCUT2D eigenvalue weighted by atomic mass is 10.1. The smallest absolute Gasteiger partial charge is 0.327 e. The van der Waals surface area contributed by atoms with Crippen LogP contribution in [0, 0.1) is 13.8 Å². The van der Waals surface area contributed by atoms with Crippen molar-refractivity contribution in [1.29, 1.82) is 0 Å². The Kier molecular flexibility index (Phi) is 6.47. The van der Waals surface area contributed by atoms with Crippen LogP contribution in [0.2, 0.25) is 0 Å². The zero-order valence-electron chi connectivity index (χ0n) is 15.2. The summed E-state index contributed by atoms with van der Waals surface area (Å²) < 4.78 is 33.6. The van der Waals surface area contributed by atoms with Gasteiger partial charge in [0.15, 0.2) is 0 Å². The van der Waals surface area contributed by atoms with Crippen molar-refractivity contribution < 1.29 is 17.9 Å². The van der Waals surface area contributed by atoms with Gasteiger partial charge in [-0.2, -0.15) is 0 Å². The van der Waals surface area contributed by atoms with Gasteiger partial charge in [0.05, 0.1) is 16.7 Å². The first-order chi connectivity index (χ1) is 12.1. The lowest BCUT2D eigenvalue weighted by Gasteiger charge is -2.27. The molecular weight excluding hydrogens is 418 g/mol. The van der Waals surface area contributed by atoms with Crippen LogP contribution in [0.5, 0.6) is 0 Å². The molecule has 0 atom stereocenters. The van der Waals surface area contributed by atoms with E-state index in [0.29, 0.717) is 5.69 Å². The quantitative estimate of drug-likeness (QED) is 0.632. The molecule has 0 N–H and O–H groups in total. The number of ether oxygens (including phenoxy) is 1. The highest BCUT2D eigenvalue weighted by Gasteiger charge is 2.30.